The number of aliphatic hydroxyl groups is 1. The van der Waals surface area contributed by atoms with Crippen molar-refractivity contribution in [2.45, 2.75) is 26.5 Å². The van der Waals surface area contributed by atoms with Crippen LogP contribution in [0, 0.1) is 0 Å². The summed E-state index contributed by atoms with van der Waals surface area (Å²) in [5, 5.41) is 14.7. The second-order valence-electron chi connectivity index (χ2n) is 5.72. The molecule has 0 spiro atoms. The molecule has 0 aliphatic rings. The number of amides is 1. The molecule has 0 unspecified atom stereocenters. The molecule has 0 aromatic heterocycles. The quantitative estimate of drug-likeness (QED) is 0.697. The SMILES string of the molecule is CC(C)Oc1ccc(CNc2cccc(C(=O)NCCO)c2)cc1. The fraction of sp³-hybridized carbons (Fsp3) is 0.316. The lowest BCUT2D eigenvalue weighted by Gasteiger charge is -2.11. The van der Waals surface area contributed by atoms with Crippen LogP contribution >= 0.6 is 0 Å². The molecule has 24 heavy (non-hydrogen) atoms. The van der Waals surface area contributed by atoms with Crippen molar-refractivity contribution in [2.24, 2.45) is 0 Å². The summed E-state index contributed by atoms with van der Waals surface area (Å²) in [4.78, 5) is 11.9. The van der Waals surface area contributed by atoms with E-state index < -0.39 is 0 Å². The van der Waals surface area contributed by atoms with Crippen molar-refractivity contribution in [3.05, 3.63) is 59.7 Å². The Morgan fingerprint density at radius 3 is 2.58 bits per heavy atom. The molecule has 0 aliphatic carbocycles. The van der Waals surface area contributed by atoms with Gasteiger partial charge in [-0.15, -0.1) is 0 Å². The summed E-state index contributed by atoms with van der Waals surface area (Å²) in [6.45, 7) is 4.84. The topological polar surface area (TPSA) is 70.6 Å². The van der Waals surface area contributed by atoms with Gasteiger partial charge >= 0.3 is 0 Å². The van der Waals surface area contributed by atoms with Crippen molar-refractivity contribution >= 4 is 11.6 Å². The second kappa shape index (κ2) is 8.93. The zero-order valence-corrected chi connectivity index (χ0v) is 14.1. The number of benzene rings is 2. The highest BCUT2D eigenvalue weighted by Crippen LogP contribution is 2.16. The van der Waals surface area contributed by atoms with Gasteiger partial charge in [0, 0.05) is 24.3 Å². The summed E-state index contributed by atoms with van der Waals surface area (Å²) in [5.41, 5.74) is 2.56. The standard InChI is InChI=1S/C19H24N2O3/c1-14(2)24-18-8-6-15(7-9-18)13-21-17-5-3-4-16(12-17)19(23)20-10-11-22/h3-9,12,14,21-22H,10-11,13H2,1-2H3,(H,20,23). The van der Waals surface area contributed by atoms with Crippen LogP contribution in [-0.2, 0) is 6.54 Å². The first-order chi connectivity index (χ1) is 11.6. The molecule has 0 saturated carbocycles. The number of rotatable bonds is 8. The smallest absolute Gasteiger partial charge is 0.251 e. The predicted molar refractivity (Wildman–Crippen MR) is 95.4 cm³/mol. The van der Waals surface area contributed by atoms with Crippen LogP contribution in [0.4, 0.5) is 5.69 Å². The molecule has 1 amide bonds. The van der Waals surface area contributed by atoms with Crippen molar-refractivity contribution in [3.8, 4) is 5.75 Å². The van der Waals surface area contributed by atoms with E-state index in [1.165, 1.54) is 0 Å². The highest BCUT2D eigenvalue weighted by molar-refractivity contribution is 5.95. The first-order valence-electron chi connectivity index (χ1n) is 8.07. The number of carbonyl (C=O) groups excluding carboxylic acids is 1. The van der Waals surface area contributed by atoms with E-state index in [4.69, 9.17) is 9.84 Å². The van der Waals surface area contributed by atoms with E-state index in [1.54, 1.807) is 12.1 Å². The third-order valence-corrected chi connectivity index (χ3v) is 3.31. The molecule has 5 nitrogen and oxygen atoms in total. The van der Waals surface area contributed by atoms with Crippen molar-refractivity contribution in [1.29, 1.82) is 0 Å². The molecule has 128 valence electrons. The minimum Gasteiger partial charge on any atom is -0.491 e. The molecule has 0 heterocycles. The summed E-state index contributed by atoms with van der Waals surface area (Å²) >= 11 is 0. The van der Waals surface area contributed by atoms with Gasteiger partial charge in [0.1, 0.15) is 5.75 Å². The zero-order chi connectivity index (χ0) is 17.4. The first kappa shape index (κ1) is 17.8. The van der Waals surface area contributed by atoms with Gasteiger partial charge in [-0.2, -0.15) is 0 Å². The molecule has 0 bridgehead atoms. The van der Waals surface area contributed by atoms with Crippen LogP contribution in [0.2, 0.25) is 0 Å². The van der Waals surface area contributed by atoms with Gasteiger partial charge in [0.05, 0.1) is 12.7 Å². The van der Waals surface area contributed by atoms with E-state index in [9.17, 15) is 4.79 Å². The molecule has 0 fully saturated rings. The molecule has 0 saturated heterocycles. The molecule has 0 atom stereocenters. The Morgan fingerprint density at radius 1 is 1.17 bits per heavy atom. The van der Waals surface area contributed by atoms with Gasteiger partial charge in [0.15, 0.2) is 0 Å². The molecular formula is C19H24N2O3. The van der Waals surface area contributed by atoms with Crippen molar-refractivity contribution < 1.29 is 14.6 Å². The molecule has 0 aliphatic heterocycles. The fourth-order valence-electron chi connectivity index (χ4n) is 2.20. The number of aliphatic hydroxyl groups excluding tert-OH is 1. The van der Waals surface area contributed by atoms with E-state index >= 15 is 0 Å². The van der Waals surface area contributed by atoms with Gasteiger partial charge in [-0.1, -0.05) is 18.2 Å². The number of carbonyl (C=O) groups is 1. The zero-order valence-electron chi connectivity index (χ0n) is 14.1. The molecule has 2 rings (SSSR count). The van der Waals surface area contributed by atoms with Gasteiger partial charge in [-0.05, 0) is 49.7 Å². The Hall–Kier alpha value is -2.53. The van der Waals surface area contributed by atoms with Crippen LogP contribution < -0.4 is 15.4 Å². The molecule has 3 N–H and O–H groups in total. The molecular weight excluding hydrogens is 304 g/mol. The molecule has 5 heteroatoms. The third-order valence-electron chi connectivity index (χ3n) is 3.31. The molecule has 2 aromatic rings. The largest absolute Gasteiger partial charge is 0.491 e. The van der Waals surface area contributed by atoms with Gasteiger partial charge in [-0.25, -0.2) is 0 Å². The van der Waals surface area contributed by atoms with Crippen molar-refractivity contribution in [3.63, 3.8) is 0 Å². The Balaban J connectivity index is 1.93. The third kappa shape index (κ3) is 5.59. The molecule has 2 aromatic carbocycles. The maximum atomic E-state index is 11.9. The Bertz CT molecular complexity index is 654. The predicted octanol–water partition coefficient (Wildman–Crippen LogP) is 2.81. The summed E-state index contributed by atoms with van der Waals surface area (Å²) in [5.74, 6) is 0.666. The van der Waals surface area contributed by atoms with Gasteiger partial charge in [-0.3, -0.25) is 4.79 Å². The monoisotopic (exact) mass is 328 g/mol. The van der Waals surface area contributed by atoms with Gasteiger partial charge in [0.2, 0.25) is 0 Å². The lowest BCUT2D eigenvalue weighted by atomic mass is 10.1. The van der Waals surface area contributed by atoms with Crippen molar-refractivity contribution in [1.82, 2.24) is 5.32 Å². The molecule has 0 radical (unpaired) electrons. The van der Waals surface area contributed by atoms with Crippen LogP contribution in [0.1, 0.15) is 29.8 Å². The van der Waals surface area contributed by atoms with E-state index in [-0.39, 0.29) is 25.2 Å². The number of nitrogens with one attached hydrogen (secondary N) is 2. The average molecular weight is 328 g/mol. The van der Waals surface area contributed by atoms with Crippen LogP contribution in [0.25, 0.3) is 0 Å². The fourth-order valence-corrected chi connectivity index (χ4v) is 2.20. The van der Waals surface area contributed by atoms with Crippen LogP contribution in [0.5, 0.6) is 5.75 Å². The van der Waals surface area contributed by atoms with Gasteiger partial charge < -0.3 is 20.5 Å². The maximum Gasteiger partial charge on any atom is 0.251 e. The van der Waals surface area contributed by atoms with E-state index in [0.29, 0.717) is 12.1 Å². The second-order valence-corrected chi connectivity index (χ2v) is 5.72. The highest BCUT2D eigenvalue weighted by atomic mass is 16.5. The van der Waals surface area contributed by atoms with Crippen LogP contribution in [0.15, 0.2) is 48.5 Å². The number of hydrogen-bond donors (Lipinski definition) is 3. The summed E-state index contributed by atoms with van der Waals surface area (Å²) < 4.78 is 5.62. The maximum absolute atomic E-state index is 11.9. The normalized spacial score (nSPS) is 10.5. The van der Waals surface area contributed by atoms with E-state index in [1.807, 2.05) is 50.2 Å². The van der Waals surface area contributed by atoms with E-state index in [0.717, 1.165) is 17.0 Å². The minimum atomic E-state index is -0.192. The number of anilines is 1. The summed E-state index contributed by atoms with van der Waals surface area (Å²) in [7, 11) is 0. The summed E-state index contributed by atoms with van der Waals surface area (Å²) in [6, 6.07) is 15.2. The minimum absolute atomic E-state index is 0.0692. The Kier molecular flexibility index (Phi) is 6.63. The lowest BCUT2D eigenvalue weighted by molar-refractivity contribution is 0.0945. The highest BCUT2D eigenvalue weighted by Gasteiger charge is 2.05. The van der Waals surface area contributed by atoms with Crippen LogP contribution in [-0.4, -0.2) is 30.3 Å². The number of hydrogen-bond acceptors (Lipinski definition) is 4. The average Bonchev–Trinajstić information content (AvgIpc) is 2.59. The van der Waals surface area contributed by atoms with Crippen LogP contribution in [0.3, 0.4) is 0 Å². The Morgan fingerprint density at radius 2 is 1.92 bits per heavy atom. The summed E-state index contributed by atoms with van der Waals surface area (Å²) in [6.07, 6.45) is 0.161. The van der Waals surface area contributed by atoms with Gasteiger partial charge in [0.25, 0.3) is 5.91 Å². The van der Waals surface area contributed by atoms with E-state index in [2.05, 4.69) is 10.6 Å². The lowest BCUT2D eigenvalue weighted by Crippen LogP contribution is -2.26. The van der Waals surface area contributed by atoms with Crippen molar-refractivity contribution in [2.75, 3.05) is 18.5 Å². The Labute approximate surface area is 142 Å². The first-order valence-corrected chi connectivity index (χ1v) is 8.07. The number of ether oxygens (including phenoxy) is 1.